The van der Waals surface area contributed by atoms with E-state index in [1.54, 1.807) is 0 Å². The lowest BCUT2D eigenvalue weighted by molar-refractivity contribution is 0.0695. The van der Waals surface area contributed by atoms with E-state index in [-0.39, 0.29) is 6.10 Å². The molecule has 1 aromatic carbocycles. The SMILES string of the molecule is CCOc1ccc(CNCC2CCCCC2O)cc1. The van der Waals surface area contributed by atoms with Gasteiger partial charge in [0.15, 0.2) is 0 Å². The molecule has 1 aromatic rings. The second-order valence-electron chi connectivity index (χ2n) is 5.32. The third kappa shape index (κ3) is 4.51. The van der Waals surface area contributed by atoms with E-state index in [0.717, 1.165) is 31.7 Å². The lowest BCUT2D eigenvalue weighted by Gasteiger charge is -2.27. The molecule has 0 aliphatic heterocycles. The number of nitrogens with one attached hydrogen (secondary N) is 1. The Morgan fingerprint density at radius 1 is 1.21 bits per heavy atom. The van der Waals surface area contributed by atoms with Crippen LogP contribution in [0.5, 0.6) is 5.75 Å². The summed E-state index contributed by atoms with van der Waals surface area (Å²) < 4.78 is 5.42. The maximum absolute atomic E-state index is 9.91. The molecule has 0 saturated heterocycles. The average Bonchev–Trinajstić information content (AvgIpc) is 2.43. The van der Waals surface area contributed by atoms with Crippen molar-refractivity contribution in [2.24, 2.45) is 5.92 Å². The molecule has 1 aliphatic carbocycles. The third-order valence-corrected chi connectivity index (χ3v) is 3.84. The predicted molar refractivity (Wildman–Crippen MR) is 77.3 cm³/mol. The van der Waals surface area contributed by atoms with Gasteiger partial charge in [-0.1, -0.05) is 25.0 Å². The molecule has 1 fully saturated rings. The Balaban J connectivity index is 1.72. The Morgan fingerprint density at radius 3 is 2.63 bits per heavy atom. The first-order valence-corrected chi connectivity index (χ1v) is 7.40. The van der Waals surface area contributed by atoms with E-state index in [1.807, 2.05) is 19.1 Å². The highest BCUT2D eigenvalue weighted by molar-refractivity contribution is 5.27. The summed E-state index contributed by atoms with van der Waals surface area (Å²) in [5, 5.41) is 13.4. The lowest BCUT2D eigenvalue weighted by Crippen LogP contribution is -2.33. The number of hydrogen-bond donors (Lipinski definition) is 2. The molecule has 0 radical (unpaired) electrons. The zero-order chi connectivity index (χ0) is 13.5. The largest absolute Gasteiger partial charge is 0.494 e. The molecular weight excluding hydrogens is 238 g/mol. The van der Waals surface area contributed by atoms with Crippen molar-refractivity contribution in [1.29, 1.82) is 0 Å². The van der Waals surface area contributed by atoms with Crippen molar-refractivity contribution in [3.63, 3.8) is 0 Å². The van der Waals surface area contributed by atoms with Crippen LogP contribution in [0.1, 0.15) is 38.2 Å². The number of aliphatic hydroxyl groups is 1. The molecule has 1 saturated carbocycles. The summed E-state index contributed by atoms with van der Waals surface area (Å²) in [5.41, 5.74) is 1.26. The summed E-state index contributed by atoms with van der Waals surface area (Å²) in [6, 6.07) is 8.20. The molecule has 0 aromatic heterocycles. The molecule has 2 unspecified atom stereocenters. The average molecular weight is 263 g/mol. The Kier molecular flexibility index (Phi) is 5.67. The third-order valence-electron chi connectivity index (χ3n) is 3.84. The first kappa shape index (κ1) is 14.4. The molecule has 0 spiro atoms. The van der Waals surface area contributed by atoms with E-state index in [1.165, 1.54) is 18.4 Å². The van der Waals surface area contributed by atoms with E-state index in [2.05, 4.69) is 17.4 Å². The molecule has 2 rings (SSSR count). The van der Waals surface area contributed by atoms with Gasteiger partial charge in [-0.25, -0.2) is 0 Å². The minimum absolute atomic E-state index is 0.110. The second kappa shape index (κ2) is 7.51. The van der Waals surface area contributed by atoms with E-state index in [9.17, 15) is 5.11 Å². The van der Waals surface area contributed by atoms with Crippen molar-refractivity contribution >= 4 is 0 Å². The van der Waals surface area contributed by atoms with Gasteiger partial charge in [0.05, 0.1) is 12.7 Å². The first-order chi connectivity index (χ1) is 9.29. The van der Waals surface area contributed by atoms with Gasteiger partial charge in [0, 0.05) is 13.1 Å². The normalized spacial score (nSPS) is 23.3. The first-order valence-electron chi connectivity index (χ1n) is 7.40. The summed E-state index contributed by atoms with van der Waals surface area (Å²) in [5.74, 6) is 1.35. The van der Waals surface area contributed by atoms with E-state index < -0.39 is 0 Å². The molecule has 0 heterocycles. The molecule has 2 N–H and O–H groups in total. The number of benzene rings is 1. The van der Waals surface area contributed by atoms with Crippen LogP contribution >= 0.6 is 0 Å². The van der Waals surface area contributed by atoms with Crippen molar-refractivity contribution in [1.82, 2.24) is 5.32 Å². The highest BCUT2D eigenvalue weighted by atomic mass is 16.5. The summed E-state index contributed by atoms with van der Waals surface area (Å²) in [6.45, 7) is 4.46. The summed E-state index contributed by atoms with van der Waals surface area (Å²) in [7, 11) is 0. The fraction of sp³-hybridized carbons (Fsp3) is 0.625. The molecular formula is C16H25NO2. The van der Waals surface area contributed by atoms with Gasteiger partial charge in [-0.15, -0.1) is 0 Å². The van der Waals surface area contributed by atoms with Crippen LogP contribution in [0.4, 0.5) is 0 Å². The highest BCUT2D eigenvalue weighted by Crippen LogP contribution is 2.23. The summed E-state index contributed by atoms with van der Waals surface area (Å²) in [6.07, 6.45) is 4.44. The van der Waals surface area contributed by atoms with E-state index in [0.29, 0.717) is 12.5 Å². The Labute approximate surface area is 116 Å². The van der Waals surface area contributed by atoms with Gasteiger partial charge in [0.2, 0.25) is 0 Å². The molecule has 106 valence electrons. The standard InChI is InChI=1S/C16H25NO2/c1-2-19-15-9-7-13(8-10-15)11-17-12-14-5-3-4-6-16(14)18/h7-10,14,16-18H,2-6,11-12H2,1H3. The number of ether oxygens (including phenoxy) is 1. The van der Waals surface area contributed by atoms with Crippen molar-refractivity contribution in [2.75, 3.05) is 13.2 Å². The number of rotatable bonds is 6. The van der Waals surface area contributed by atoms with Crippen LogP contribution in [-0.4, -0.2) is 24.4 Å². The van der Waals surface area contributed by atoms with Crippen molar-refractivity contribution < 1.29 is 9.84 Å². The Bertz CT molecular complexity index is 364. The van der Waals surface area contributed by atoms with Gasteiger partial charge in [-0.05, 0) is 43.4 Å². The zero-order valence-corrected chi connectivity index (χ0v) is 11.8. The minimum atomic E-state index is -0.110. The van der Waals surface area contributed by atoms with Crippen molar-refractivity contribution in [3.8, 4) is 5.75 Å². The van der Waals surface area contributed by atoms with Crippen LogP contribution in [0, 0.1) is 5.92 Å². The van der Waals surface area contributed by atoms with Gasteiger partial charge >= 0.3 is 0 Å². The van der Waals surface area contributed by atoms with Crippen molar-refractivity contribution in [2.45, 2.75) is 45.3 Å². The van der Waals surface area contributed by atoms with Gasteiger partial charge in [-0.3, -0.25) is 0 Å². The topological polar surface area (TPSA) is 41.5 Å². The maximum Gasteiger partial charge on any atom is 0.119 e. The fourth-order valence-electron chi connectivity index (χ4n) is 2.70. The van der Waals surface area contributed by atoms with Gasteiger partial charge < -0.3 is 15.2 Å². The second-order valence-corrected chi connectivity index (χ2v) is 5.32. The maximum atomic E-state index is 9.91. The van der Waals surface area contributed by atoms with Crippen LogP contribution in [0.25, 0.3) is 0 Å². The predicted octanol–water partition coefficient (Wildman–Crippen LogP) is 2.73. The number of aliphatic hydroxyl groups excluding tert-OH is 1. The summed E-state index contributed by atoms with van der Waals surface area (Å²) >= 11 is 0. The molecule has 0 amide bonds. The van der Waals surface area contributed by atoms with E-state index >= 15 is 0 Å². The monoisotopic (exact) mass is 263 g/mol. The molecule has 19 heavy (non-hydrogen) atoms. The molecule has 0 bridgehead atoms. The number of hydrogen-bond acceptors (Lipinski definition) is 3. The molecule has 3 heteroatoms. The minimum Gasteiger partial charge on any atom is -0.494 e. The molecule has 2 atom stereocenters. The lowest BCUT2D eigenvalue weighted by atomic mass is 9.86. The molecule has 3 nitrogen and oxygen atoms in total. The van der Waals surface area contributed by atoms with Gasteiger partial charge in [0.1, 0.15) is 5.75 Å². The quantitative estimate of drug-likeness (QED) is 0.829. The highest BCUT2D eigenvalue weighted by Gasteiger charge is 2.22. The zero-order valence-electron chi connectivity index (χ0n) is 11.8. The molecule has 1 aliphatic rings. The van der Waals surface area contributed by atoms with Gasteiger partial charge in [-0.2, -0.15) is 0 Å². The Morgan fingerprint density at radius 2 is 1.95 bits per heavy atom. The van der Waals surface area contributed by atoms with Crippen LogP contribution in [0.3, 0.4) is 0 Å². The van der Waals surface area contributed by atoms with Gasteiger partial charge in [0.25, 0.3) is 0 Å². The van der Waals surface area contributed by atoms with Crippen molar-refractivity contribution in [3.05, 3.63) is 29.8 Å². The Hall–Kier alpha value is -1.06. The van der Waals surface area contributed by atoms with E-state index in [4.69, 9.17) is 4.74 Å². The van der Waals surface area contributed by atoms with Crippen LogP contribution in [-0.2, 0) is 6.54 Å². The fourth-order valence-corrected chi connectivity index (χ4v) is 2.70. The van der Waals surface area contributed by atoms with Crippen LogP contribution in [0.15, 0.2) is 24.3 Å². The van der Waals surface area contributed by atoms with Crippen LogP contribution in [0.2, 0.25) is 0 Å². The van der Waals surface area contributed by atoms with Crippen LogP contribution < -0.4 is 10.1 Å². The summed E-state index contributed by atoms with van der Waals surface area (Å²) in [4.78, 5) is 0. The smallest absolute Gasteiger partial charge is 0.119 e.